The number of aromatic nitrogens is 1. The molecule has 1 heterocycles. The second-order valence-corrected chi connectivity index (χ2v) is 8.29. The van der Waals surface area contributed by atoms with Crippen LogP contribution >= 0.6 is 23.4 Å². The van der Waals surface area contributed by atoms with Gasteiger partial charge in [-0.3, -0.25) is 9.59 Å². The number of amides is 2. The van der Waals surface area contributed by atoms with Gasteiger partial charge in [-0.05, 0) is 49.4 Å². The van der Waals surface area contributed by atoms with E-state index in [9.17, 15) is 19.5 Å². The predicted molar refractivity (Wildman–Crippen MR) is 121 cm³/mol. The van der Waals surface area contributed by atoms with Gasteiger partial charge in [0.05, 0.1) is 21.4 Å². The number of nitrogens with zero attached hydrogens (tertiary/aromatic N) is 1. The number of carbonyl (C=O) groups excluding carboxylic acids is 2. The minimum atomic E-state index is -1.18. The number of carboxylic acids is 1. The lowest BCUT2D eigenvalue weighted by atomic mass is 10.1. The lowest BCUT2D eigenvalue weighted by Crippen LogP contribution is -2.22. The van der Waals surface area contributed by atoms with Crippen molar-refractivity contribution in [2.75, 3.05) is 10.6 Å². The molecule has 0 saturated heterocycles. The van der Waals surface area contributed by atoms with E-state index in [0.29, 0.717) is 16.5 Å². The molecular weight excluding hydrogens is 438 g/mol. The van der Waals surface area contributed by atoms with Crippen LogP contribution in [0.4, 0.5) is 11.5 Å². The van der Waals surface area contributed by atoms with E-state index >= 15 is 0 Å². The smallest absolute Gasteiger partial charge is 0.336 e. The fraction of sp³-hybridized carbons (Fsp3) is 0.0909. The Balaban J connectivity index is 1.66. The number of rotatable bonds is 7. The molecule has 0 radical (unpaired) electrons. The summed E-state index contributed by atoms with van der Waals surface area (Å²) in [5.74, 6) is -1.53. The number of hydrogen-bond acceptors (Lipinski definition) is 5. The molecule has 1 unspecified atom stereocenters. The molecule has 0 spiro atoms. The standard InChI is InChI=1S/C22H18ClN3O4S/c1-13(20(27)26-19-10-9-14(23)12-24-19)31-16-6-4-5-15(11-16)25-21(28)17-7-2-3-8-18(17)22(29)30/h2-13H,1H3,(H,25,28)(H,29,30)(H,24,26,27). The molecule has 3 rings (SSSR count). The maximum Gasteiger partial charge on any atom is 0.336 e. The molecule has 0 aliphatic carbocycles. The first-order chi connectivity index (χ1) is 14.8. The molecule has 9 heteroatoms. The highest BCUT2D eigenvalue weighted by molar-refractivity contribution is 8.00. The fourth-order valence-electron chi connectivity index (χ4n) is 2.65. The van der Waals surface area contributed by atoms with Crippen molar-refractivity contribution in [1.82, 2.24) is 4.98 Å². The zero-order valence-corrected chi connectivity index (χ0v) is 17.9. The van der Waals surface area contributed by atoms with Gasteiger partial charge in [-0.25, -0.2) is 9.78 Å². The molecule has 0 saturated carbocycles. The largest absolute Gasteiger partial charge is 0.478 e. The van der Waals surface area contributed by atoms with E-state index in [0.717, 1.165) is 4.90 Å². The third-order valence-electron chi connectivity index (χ3n) is 4.15. The first-order valence-electron chi connectivity index (χ1n) is 9.16. The Kier molecular flexibility index (Phi) is 7.28. The third-order valence-corrected chi connectivity index (χ3v) is 5.47. The zero-order chi connectivity index (χ0) is 22.4. The lowest BCUT2D eigenvalue weighted by molar-refractivity contribution is -0.115. The summed E-state index contributed by atoms with van der Waals surface area (Å²) in [5.41, 5.74) is 0.477. The summed E-state index contributed by atoms with van der Waals surface area (Å²) in [6.45, 7) is 1.75. The Hall–Kier alpha value is -3.36. The molecule has 3 aromatic rings. The van der Waals surface area contributed by atoms with Crippen molar-refractivity contribution >= 4 is 52.7 Å². The zero-order valence-electron chi connectivity index (χ0n) is 16.3. The number of halogens is 1. The molecule has 3 N–H and O–H groups in total. The van der Waals surface area contributed by atoms with Crippen molar-refractivity contribution in [2.24, 2.45) is 0 Å². The summed E-state index contributed by atoms with van der Waals surface area (Å²) in [4.78, 5) is 41.1. The molecule has 1 atom stereocenters. The average molecular weight is 456 g/mol. The van der Waals surface area contributed by atoms with E-state index in [-0.39, 0.29) is 17.0 Å². The summed E-state index contributed by atoms with van der Waals surface area (Å²) in [7, 11) is 0. The van der Waals surface area contributed by atoms with Crippen LogP contribution in [0, 0.1) is 0 Å². The first-order valence-corrected chi connectivity index (χ1v) is 10.4. The molecule has 0 aliphatic heterocycles. The Morgan fingerprint density at radius 1 is 1.00 bits per heavy atom. The monoisotopic (exact) mass is 455 g/mol. The van der Waals surface area contributed by atoms with Crippen LogP contribution in [-0.4, -0.2) is 33.1 Å². The van der Waals surface area contributed by atoms with E-state index in [4.69, 9.17) is 11.6 Å². The fourth-order valence-corrected chi connectivity index (χ4v) is 3.69. The first kappa shape index (κ1) is 22.3. The van der Waals surface area contributed by atoms with E-state index < -0.39 is 17.1 Å². The minimum absolute atomic E-state index is 0.0660. The van der Waals surface area contributed by atoms with E-state index in [1.807, 2.05) is 6.07 Å². The Bertz CT molecular complexity index is 1120. The van der Waals surface area contributed by atoms with Crippen LogP contribution < -0.4 is 10.6 Å². The van der Waals surface area contributed by atoms with Gasteiger partial charge in [-0.1, -0.05) is 29.8 Å². The van der Waals surface area contributed by atoms with Crippen LogP contribution in [0.5, 0.6) is 0 Å². The number of pyridine rings is 1. The molecule has 158 valence electrons. The molecule has 7 nitrogen and oxygen atoms in total. The average Bonchev–Trinajstić information content (AvgIpc) is 2.75. The van der Waals surface area contributed by atoms with Gasteiger partial charge in [0.2, 0.25) is 5.91 Å². The number of nitrogens with one attached hydrogen (secondary N) is 2. The molecule has 1 aromatic heterocycles. The van der Waals surface area contributed by atoms with Crippen LogP contribution in [0.25, 0.3) is 0 Å². The Morgan fingerprint density at radius 3 is 2.42 bits per heavy atom. The van der Waals surface area contributed by atoms with Gasteiger partial charge in [-0.15, -0.1) is 11.8 Å². The van der Waals surface area contributed by atoms with Gasteiger partial charge in [0.1, 0.15) is 5.82 Å². The van der Waals surface area contributed by atoms with E-state index in [2.05, 4.69) is 15.6 Å². The third kappa shape index (κ3) is 6.07. The Morgan fingerprint density at radius 2 is 1.74 bits per heavy atom. The predicted octanol–water partition coefficient (Wildman–Crippen LogP) is 4.80. The SMILES string of the molecule is CC(Sc1cccc(NC(=O)c2ccccc2C(=O)O)c1)C(=O)Nc1ccc(Cl)cn1. The van der Waals surface area contributed by atoms with Crippen molar-refractivity contribution < 1.29 is 19.5 Å². The summed E-state index contributed by atoms with van der Waals surface area (Å²) < 4.78 is 0. The summed E-state index contributed by atoms with van der Waals surface area (Å²) in [5, 5.41) is 14.7. The molecule has 0 bridgehead atoms. The lowest BCUT2D eigenvalue weighted by Gasteiger charge is -2.13. The number of carbonyl (C=O) groups is 3. The molecule has 2 aromatic carbocycles. The molecule has 0 fully saturated rings. The number of carboxylic acid groups (broad SMARTS) is 1. The van der Waals surface area contributed by atoms with Crippen molar-refractivity contribution in [3.05, 3.63) is 83.0 Å². The van der Waals surface area contributed by atoms with Crippen molar-refractivity contribution in [2.45, 2.75) is 17.1 Å². The normalized spacial score (nSPS) is 11.4. The Labute approximate surface area is 187 Å². The number of benzene rings is 2. The number of aromatic carboxylic acids is 1. The van der Waals surface area contributed by atoms with Gasteiger partial charge in [0, 0.05) is 16.8 Å². The van der Waals surface area contributed by atoms with Crippen LogP contribution in [0.15, 0.2) is 71.8 Å². The topological polar surface area (TPSA) is 108 Å². The van der Waals surface area contributed by atoms with Crippen LogP contribution in [0.3, 0.4) is 0 Å². The van der Waals surface area contributed by atoms with Gasteiger partial charge in [0.25, 0.3) is 5.91 Å². The van der Waals surface area contributed by atoms with Crippen LogP contribution in [0.2, 0.25) is 5.02 Å². The second-order valence-electron chi connectivity index (χ2n) is 6.44. The van der Waals surface area contributed by atoms with E-state index in [1.54, 1.807) is 49.4 Å². The highest BCUT2D eigenvalue weighted by Gasteiger charge is 2.17. The quantitative estimate of drug-likeness (QED) is 0.441. The second kappa shape index (κ2) is 10.1. The maximum atomic E-state index is 12.5. The minimum Gasteiger partial charge on any atom is -0.478 e. The van der Waals surface area contributed by atoms with Gasteiger partial charge in [0.15, 0.2) is 0 Å². The highest BCUT2D eigenvalue weighted by atomic mass is 35.5. The summed E-state index contributed by atoms with van der Waals surface area (Å²) >= 11 is 7.10. The molecule has 2 amide bonds. The number of anilines is 2. The van der Waals surface area contributed by atoms with Gasteiger partial charge >= 0.3 is 5.97 Å². The van der Waals surface area contributed by atoms with Gasteiger partial charge < -0.3 is 15.7 Å². The summed E-state index contributed by atoms with van der Waals surface area (Å²) in [6, 6.07) is 16.2. The van der Waals surface area contributed by atoms with Crippen molar-refractivity contribution in [1.29, 1.82) is 0 Å². The maximum absolute atomic E-state index is 12.5. The number of hydrogen-bond donors (Lipinski definition) is 3. The number of thioether (sulfide) groups is 1. The van der Waals surface area contributed by atoms with E-state index in [1.165, 1.54) is 30.1 Å². The van der Waals surface area contributed by atoms with Crippen LogP contribution in [-0.2, 0) is 4.79 Å². The molecule has 0 aliphatic rings. The van der Waals surface area contributed by atoms with Crippen molar-refractivity contribution in [3.8, 4) is 0 Å². The summed E-state index contributed by atoms with van der Waals surface area (Å²) in [6.07, 6.45) is 1.45. The van der Waals surface area contributed by atoms with Crippen LogP contribution in [0.1, 0.15) is 27.6 Å². The molecule has 31 heavy (non-hydrogen) atoms. The van der Waals surface area contributed by atoms with Crippen molar-refractivity contribution in [3.63, 3.8) is 0 Å². The molecular formula is C22H18ClN3O4S. The highest BCUT2D eigenvalue weighted by Crippen LogP contribution is 2.27. The van der Waals surface area contributed by atoms with Gasteiger partial charge in [-0.2, -0.15) is 0 Å².